The van der Waals surface area contributed by atoms with Gasteiger partial charge < -0.3 is 4.74 Å². The largest absolute Gasteiger partial charge is 0.379 e. The van der Waals surface area contributed by atoms with Crippen molar-refractivity contribution in [2.75, 3.05) is 44.3 Å². The second kappa shape index (κ2) is 9.79. The van der Waals surface area contributed by atoms with Gasteiger partial charge in [-0.3, -0.25) is 14.6 Å². The Morgan fingerprint density at radius 1 is 1.26 bits per heavy atom. The SMILES string of the molecule is Cc1cc(Cl)cc2sc(N(CCCN3CCOCC3)C(=O)c3ccc(F)cc3Cl)nc12. The van der Waals surface area contributed by atoms with Gasteiger partial charge in [-0.15, -0.1) is 0 Å². The summed E-state index contributed by atoms with van der Waals surface area (Å²) in [7, 11) is 0. The minimum absolute atomic E-state index is 0.0866. The van der Waals surface area contributed by atoms with Crippen LogP contribution in [0.4, 0.5) is 9.52 Å². The molecule has 0 atom stereocenters. The Morgan fingerprint density at radius 2 is 2.03 bits per heavy atom. The molecule has 2 aromatic carbocycles. The molecule has 0 radical (unpaired) electrons. The summed E-state index contributed by atoms with van der Waals surface area (Å²) in [6, 6.07) is 7.53. The highest BCUT2D eigenvalue weighted by atomic mass is 35.5. The van der Waals surface area contributed by atoms with Gasteiger partial charge >= 0.3 is 0 Å². The molecule has 164 valence electrons. The molecule has 0 unspecified atom stereocenters. The molecule has 1 saturated heterocycles. The predicted molar refractivity (Wildman–Crippen MR) is 124 cm³/mol. The lowest BCUT2D eigenvalue weighted by atomic mass is 10.2. The van der Waals surface area contributed by atoms with Gasteiger partial charge in [0.1, 0.15) is 5.82 Å². The number of nitrogens with zero attached hydrogens (tertiary/aromatic N) is 3. The summed E-state index contributed by atoms with van der Waals surface area (Å²) >= 11 is 13.8. The van der Waals surface area contributed by atoms with Gasteiger partial charge in [0.15, 0.2) is 5.13 Å². The Balaban J connectivity index is 1.63. The molecule has 1 aliphatic heterocycles. The maximum absolute atomic E-state index is 13.5. The van der Waals surface area contributed by atoms with Crippen molar-refractivity contribution in [3.8, 4) is 0 Å². The number of carbonyl (C=O) groups is 1. The normalized spacial score (nSPS) is 14.8. The second-order valence-electron chi connectivity index (χ2n) is 7.45. The molecule has 3 aromatic rings. The van der Waals surface area contributed by atoms with Gasteiger partial charge in [-0.1, -0.05) is 34.5 Å². The highest BCUT2D eigenvalue weighted by Crippen LogP contribution is 2.34. The number of benzene rings is 2. The van der Waals surface area contributed by atoms with Crippen LogP contribution in [0, 0.1) is 12.7 Å². The molecule has 0 saturated carbocycles. The summed E-state index contributed by atoms with van der Waals surface area (Å²) in [5, 5.41) is 1.29. The van der Waals surface area contributed by atoms with Crippen LogP contribution in [0.3, 0.4) is 0 Å². The molecule has 1 aliphatic rings. The molecule has 0 aliphatic carbocycles. The van der Waals surface area contributed by atoms with E-state index in [1.165, 1.54) is 23.5 Å². The second-order valence-corrected chi connectivity index (χ2v) is 9.31. The first kappa shape index (κ1) is 22.4. The summed E-state index contributed by atoms with van der Waals surface area (Å²) in [5.74, 6) is -0.777. The van der Waals surface area contributed by atoms with Crippen molar-refractivity contribution < 1.29 is 13.9 Å². The third kappa shape index (κ3) is 5.18. The number of halogens is 3. The number of aryl methyl sites for hydroxylation is 1. The van der Waals surface area contributed by atoms with Crippen molar-refractivity contribution in [1.29, 1.82) is 0 Å². The third-order valence-electron chi connectivity index (χ3n) is 5.24. The van der Waals surface area contributed by atoms with Crippen molar-refractivity contribution in [1.82, 2.24) is 9.88 Å². The van der Waals surface area contributed by atoms with E-state index in [4.69, 9.17) is 32.9 Å². The fourth-order valence-electron chi connectivity index (χ4n) is 3.63. The molecule has 0 bridgehead atoms. The molecule has 1 aromatic heterocycles. The summed E-state index contributed by atoms with van der Waals surface area (Å²) in [4.78, 5) is 22.1. The Hall–Kier alpha value is -1.77. The number of carbonyl (C=O) groups excluding carboxylic acids is 1. The van der Waals surface area contributed by atoms with Crippen molar-refractivity contribution in [2.24, 2.45) is 0 Å². The molecule has 0 N–H and O–H groups in total. The van der Waals surface area contributed by atoms with E-state index < -0.39 is 5.82 Å². The first-order valence-corrected chi connectivity index (χ1v) is 11.6. The number of hydrogen-bond acceptors (Lipinski definition) is 5. The monoisotopic (exact) mass is 481 g/mol. The van der Waals surface area contributed by atoms with Crippen LogP contribution < -0.4 is 4.90 Å². The summed E-state index contributed by atoms with van der Waals surface area (Å²) < 4.78 is 19.8. The van der Waals surface area contributed by atoms with E-state index in [9.17, 15) is 9.18 Å². The Kier molecular flexibility index (Phi) is 7.08. The molecule has 31 heavy (non-hydrogen) atoms. The minimum Gasteiger partial charge on any atom is -0.379 e. The fraction of sp³-hybridized carbons (Fsp3) is 0.364. The first-order valence-electron chi connectivity index (χ1n) is 10.1. The molecule has 9 heteroatoms. The minimum atomic E-state index is -0.481. The zero-order valence-corrected chi connectivity index (χ0v) is 19.4. The highest BCUT2D eigenvalue weighted by molar-refractivity contribution is 7.22. The quantitative estimate of drug-likeness (QED) is 0.471. The van der Waals surface area contributed by atoms with Gasteiger partial charge in [-0.05, 0) is 49.2 Å². The van der Waals surface area contributed by atoms with E-state index in [-0.39, 0.29) is 16.5 Å². The van der Waals surface area contributed by atoms with Crippen LogP contribution in [0.5, 0.6) is 0 Å². The number of amides is 1. The molecule has 1 amide bonds. The number of ether oxygens (including phenoxy) is 1. The van der Waals surface area contributed by atoms with Gasteiger partial charge in [-0.2, -0.15) is 0 Å². The van der Waals surface area contributed by atoms with Gasteiger partial charge in [0.25, 0.3) is 5.91 Å². The number of aromatic nitrogens is 1. The van der Waals surface area contributed by atoms with Crippen LogP contribution in [0.25, 0.3) is 10.2 Å². The lowest BCUT2D eigenvalue weighted by Crippen LogP contribution is -2.39. The van der Waals surface area contributed by atoms with E-state index >= 15 is 0 Å². The first-order chi connectivity index (χ1) is 14.9. The third-order valence-corrected chi connectivity index (χ3v) is 6.79. The van der Waals surface area contributed by atoms with Gasteiger partial charge in [0.05, 0.1) is 34.0 Å². The van der Waals surface area contributed by atoms with Crippen LogP contribution in [0.1, 0.15) is 22.3 Å². The van der Waals surface area contributed by atoms with Crippen LogP contribution in [0.2, 0.25) is 10.0 Å². The van der Waals surface area contributed by atoms with E-state index in [1.807, 2.05) is 19.1 Å². The molecule has 1 fully saturated rings. The van der Waals surface area contributed by atoms with Crippen LogP contribution in [-0.2, 0) is 4.74 Å². The average molecular weight is 482 g/mol. The van der Waals surface area contributed by atoms with E-state index in [2.05, 4.69) is 4.90 Å². The Morgan fingerprint density at radius 3 is 2.77 bits per heavy atom. The molecular weight excluding hydrogens is 460 g/mol. The van der Waals surface area contributed by atoms with Crippen molar-refractivity contribution in [3.63, 3.8) is 0 Å². The van der Waals surface area contributed by atoms with Crippen molar-refractivity contribution in [3.05, 3.63) is 57.3 Å². The van der Waals surface area contributed by atoms with Gasteiger partial charge in [0.2, 0.25) is 0 Å². The van der Waals surface area contributed by atoms with Crippen LogP contribution in [0.15, 0.2) is 30.3 Å². The topological polar surface area (TPSA) is 45.7 Å². The highest BCUT2D eigenvalue weighted by Gasteiger charge is 2.24. The van der Waals surface area contributed by atoms with Gasteiger partial charge in [0, 0.05) is 31.2 Å². The Labute approximate surface area is 194 Å². The van der Waals surface area contributed by atoms with Gasteiger partial charge in [-0.25, -0.2) is 9.37 Å². The smallest absolute Gasteiger partial charge is 0.261 e. The van der Waals surface area contributed by atoms with Crippen molar-refractivity contribution >= 4 is 55.8 Å². The number of anilines is 1. The summed E-state index contributed by atoms with van der Waals surface area (Å²) in [6.45, 7) is 6.49. The number of fused-ring (bicyclic) bond motifs is 1. The molecule has 0 spiro atoms. The van der Waals surface area contributed by atoms with E-state index in [0.29, 0.717) is 16.7 Å². The lowest BCUT2D eigenvalue weighted by molar-refractivity contribution is 0.0376. The average Bonchev–Trinajstić information content (AvgIpc) is 3.15. The molecule has 5 nitrogen and oxygen atoms in total. The van der Waals surface area contributed by atoms with E-state index in [1.54, 1.807) is 4.90 Å². The zero-order chi connectivity index (χ0) is 22.0. The number of hydrogen-bond donors (Lipinski definition) is 0. The molecule has 4 rings (SSSR count). The zero-order valence-electron chi connectivity index (χ0n) is 17.0. The molecule has 2 heterocycles. The predicted octanol–water partition coefficient (Wildman–Crippen LogP) is 5.42. The number of morpholine rings is 1. The number of thiazole rings is 1. The van der Waals surface area contributed by atoms with Crippen LogP contribution >= 0.6 is 34.5 Å². The maximum atomic E-state index is 13.5. The number of rotatable bonds is 6. The van der Waals surface area contributed by atoms with Crippen LogP contribution in [-0.4, -0.2) is 55.2 Å². The maximum Gasteiger partial charge on any atom is 0.261 e. The summed E-state index contributed by atoms with van der Waals surface area (Å²) in [6.07, 6.45) is 0.764. The Bertz CT molecular complexity index is 1100. The fourth-order valence-corrected chi connectivity index (χ4v) is 5.32. The summed E-state index contributed by atoms with van der Waals surface area (Å²) in [5.41, 5.74) is 2.02. The van der Waals surface area contributed by atoms with Crippen molar-refractivity contribution in [2.45, 2.75) is 13.3 Å². The lowest BCUT2D eigenvalue weighted by Gasteiger charge is -2.27. The standard InChI is InChI=1S/C22H22Cl2FN3O2S/c1-14-11-15(23)12-19-20(14)26-22(31-19)28(6-2-5-27-7-9-30-10-8-27)21(29)17-4-3-16(25)13-18(17)24/h3-4,11-13H,2,5-10H2,1H3. The molecular formula is C22H22Cl2FN3O2S. The van der Waals surface area contributed by atoms with E-state index in [0.717, 1.165) is 61.1 Å².